The molecule has 1 saturated heterocycles. The van der Waals surface area contributed by atoms with Gasteiger partial charge in [-0.05, 0) is 30.0 Å². The SMILES string of the molecule is Cl.Nc1c(F)ccc2c1CN(C1CCOC1)CC2. The van der Waals surface area contributed by atoms with Gasteiger partial charge < -0.3 is 10.5 Å². The van der Waals surface area contributed by atoms with Crippen LogP contribution in [0.5, 0.6) is 0 Å². The highest BCUT2D eigenvalue weighted by Gasteiger charge is 2.27. The molecule has 0 bridgehead atoms. The third-order valence-electron chi connectivity index (χ3n) is 3.85. The number of ether oxygens (including phenoxy) is 1. The van der Waals surface area contributed by atoms with Crippen LogP contribution in [0.2, 0.25) is 0 Å². The van der Waals surface area contributed by atoms with Gasteiger partial charge in [0.2, 0.25) is 0 Å². The Balaban J connectivity index is 0.00000120. The lowest BCUT2D eigenvalue weighted by Crippen LogP contribution is -2.39. The first-order valence-corrected chi connectivity index (χ1v) is 6.13. The van der Waals surface area contributed by atoms with Crippen LogP contribution in [0.15, 0.2) is 12.1 Å². The fraction of sp³-hybridized carbons (Fsp3) is 0.538. The van der Waals surface area contributed by atoms with Gasteiger partial charge in [-0.1, -0.05) is 6.07 Å². The maximum atomic E-state index is 13.4. The number of halogens is 2. The molecule has 0 aromatic heterocycles. The van der Waals surface area contributed by atoms with Crippen LogP contribution in [-0.2, 0) is 17.7 Å². The number of anilines is 1. The average molecular weight is 273 g/mol. The molecule has 1 atom stereocenters. The van der Waals surface area contributed by atoms with Crippen molar-refractivity contribution in [3.05, 3.63) is 29.1 Å². The van der Waals surface area contributed by atoms with Gasteiger partial charge in [0.25, 0.3) is 0 Å². The number of rotatable bonds is 1. The summed E-state index contributed by atoms with van der Waals surface area (Å²) in [6, 6.07) is 3.82. The van der Waals surface area contributed by atoms with Crippen LogP contribution in [0.3, 0.4) is 0 Å². The molecule has 5 heteroatoms. The van der Waals surface area contributed by atoms with E-state index in [9.17, 15) is 4.39 Å². The van der Waals surface area contributed by atoms with E-state index in [0.717, 1.165) is 44.7 Å². The molecular formula is C13H18ClFN2O. The third kappa shape index (κ3) is 2.32. The fourth-order valence-electron chi connectivity index (χ4n) is 2.77. The molecule has 1 fully saturated rings. The van der Waals surface area contributed by atoms with E-state index in [-0.39, 0.29) is 18.2 Å². The van der Waals surface area contributed by atoms with Crippen LogP contribution >= 0.6 is 12.4 Å². The summed E-state index contributed by atoms with van der Waals surface area (Å²) in [5.41, 5.74) is 8.33. The Labute approximate surface area is 113 Å². The van der Waals surface area contributed by atoms with Crippen molar-refractivity contribution in [2.24, 2.45) is 0 Å². The number of benzene rings is 1. The van der Waals surface area contributed by atoms with Crippen molar-refractivity contribution >= 4 is 18.1 Å². The number of nitrogens with two attached hydrogens (primary N) is 1. The maximum Gasteiger partial charge on any atom is 0.146 e. The summed E-state index contributed by atoms with van der Waals surface area (Å²) >= 11 is 0. The van der Waals surface area contributed by atoms with Crippen LogP contribution in [0.1, 0.15) is 17.5 Å². The quantitative estimate of drug-likeness (QED) is 0.795. The highest BCUT2D eigenvalue weighted by atomic mass is 35.5. The zero-order valence-electron chi connectivity index (χ0n) is 10.2. The molecule has 2 heterocycles. The Kier molecular flexibility index (Phi) is 4.10. The first-order valence-electron chi connectivity index (χ1n) is 6.13. The zero-order valence-corrected chi connectivity index (χ0v) is 11.0. The summed E-state index contributed by atoms with van der Waals surface area (Å²) in [7, 11) is 0. The molecule has 1 aromatic carbocycles. The van der Waals surface area contributed by atoms with Gasteiger partial charge in [-0.2, -0.15) is 0 Å². The molecule has 3 rings (SSSR count). The minimum absolute atomic E-state index is 0. The monoisotopic (exact) mass is 272 g/mol. The topological polar surface area (TPSA) is 38.5 Å². The van der Waals surface area contributed by atoms with Crippen LogP contribution in [0, 0.1) is 5.82 Å². The van der Waals surface area contributed by atoms with Crippen LogP contribution in [0.4, 0.5) is 10.1 Å². The van der Waals surface area contributed by atoms with E-state index in [0.29, 0.717) is 11.7 Å². The van der Waals surface area contributed by atoms with Crippen molar-refractivity contribution in [3.8, 4) is 0 Å². The molecule has 1 unspecified atom stereocenters. The molecular weight excluding hydrogens is 255 g/mol. The molecule has 3 nitrogen and oxygen atoms in total. The molecule has 1 aromatic rings. The second-order valence-electron chi connectivity index (χ2n) is 4.84. The molecule has 0 amide bonds. The number of hydrogen-bond donors (Lipinski definition) is 1. The van der Waals surface area contributed by atoms with E-state index in [4.69, 9.17) is 10.5 Å². The van der Waals surface area contributed by atoms with Crippen LogP contribution in [0.25, 0.3) is 0 Å². The van der Waals surface area contributed by atoms with E-state index in [1.807, 2.05) is 6.07 Å². The van der Waals surface area contributed by atoms with Crippen molar-refractivity contribution in [3.63, 3.8) is 0 Å². The molecule has 100 valence electrons. The minimum atomic E-state index is -0.298. The molecule has 2 aliphatic rings. The maximum absolute atomic E-state index is 13.4. The molecule has 2 N–H and O–H groups in total. The number of hydrogen-bond acceptors (Lipinski definition) is 3. The Morgan fingerprint density at radius 2 is 2.22 bits per heavy atom. The lowest BCUT2D eigenvalue weighted by atomic mass is 9.96. The lowest BCUT2D eigenvalue weighted by Gasteiger charge is -2.33. The summed E-state index contributed by atoms with van der Waals surface area (Å²) in [6.07, 6.45) is 2.03. The number of nitrogens with zero attached hydrogens (tertiary/aromatic N) is 1. The highest BCUT2D eigenvalue weighted by Crippen LogP contribution is 2.29. The van der Waals surface area contributed by atoms with Gasteiger partial charge in [0.05, 0.1) is 12.3 Å². The Morgan fingerprint density at radius 1 is 1.39 bits per heavy atom. The van der Waals surface area contributed by atoms with Gasteiger partial charge in [0.15, 0.2) is 0 Å². The Hall–Kier alpha value is -0.840. The standard InChI is InChI=1S/C13H17FN2O.ClH/c14-12-2-1-9-3-5-16(7-11(9)13(12)15)10-4-6-17-8-10;/h1-2,10H,3-8,15H2;1H. The van der Waals surface area contributed by atoms with Gasteiger partial charge in [-0.25, -0.2) is 4.39 Å². The van der Waals surface area contributed by atoms with Gasteiger partial charge in [-0.3, -0.25) is 4.90 Å². The molecule has 18 heavy (non-hydrogen) atoms. The largest absolute Gasteiger partial charge is 0.396 e. The summed E-state index contributed by atoms with van der Waals surface area (Å²) in [5.74, 6) is -0.298. The molecule has 0 aliphatic carbocycles. The Morgan fingerprint density at radius 3 is 2.94 bits per heavy atom. The normalized spacial score (nSPS) is 23.5. The van der Waals surface area contributed by atoms with E-state index in [1.165, 1.54) is 11.6 Å². The average Bonchev–Trinajstić information content (AvgIpc) is 2.87. The van der Waals surface area contributed by atoms with Crippen molar-refractivity contribution in [1.82, 2.24) is 4.90 Å². The Bertz CT molecular complexity index is 435. The molecule has 0 saturated carbocycles. The van der Waals surface area contributed by atoms with E-state index in [1.54, 1.807) is 0 Å². The second-order valence-corrected chi connectivity index (χ2v) is 4.84. The van der Waals surface area contributed by atoms with Gasteiger partial charge in [0.1, 0.15) is 5.82 Å². The van der Waals surface area contributed by atoms with E-state index < -0.39 is 0 Å². The van der Waals surface area contributed by atoms with E-state index >= 15 is 0 Å². The predicted octanol–water partition coefficient (Wildman–Crippen LogP) is 1.98. The zero-order chi connectivity index (χ0) is 11.8. The minimum Gasteiger partial charge on any atom is -0.396 e. The molecule has 0 radical (unpaired) electrons. The predicted molar refractivity (Wildman–Crippen MR) is 71.4 cm³/mol. The van der Waals surface area contributed by atoms with Crippen molar-refractivity contribution < 1.29 is 9.13 Å². The lowest BCUT2D eigenvalue weighted by molar-refractivity contribution is 0.135. The molecule has 0 spiro atoms. The second kappa shape index (κ2) is 5.43. The highest BCUT2D eigenvalue weighted by molar-refractivity contribution is 5.85. The molecule has 2 aliphatic heterocycles. The number of fused-ring (bicyclic) bond motifs is 1. The van der Waals surface area contributed by atoms with Gasteiger partial charge >= 0.3 is 0 Å². The summed E-state index contributed by atoms with van der Waals surface area (Å²) in [5, 5.41) is 0. The van der Waals surface area contributed by atoms with E-state index in [2.05, 4.69) is 4.90 Å². The van der Waals surface area contributed by atoms with Crippen molar-refractivity contribution in [1.29, 1.82) is 0 Å². The first-order chi connectivity index (χ1) is 8.25. The fourth-order valence-corrected chi connectivity index (χ4v) is 2.77. The van der Waals surface area contributed by atoms with Crippen LogP contribution < -0.4 is 5.73 Å². The smallest absolute Gasteiger partial charge is 0.146 e. The third-order valence-corrected chi connectivity index (χ3v) is 3.85. The van der Waals surface area contributed by atoms with Crippen molar-refractivity contribution in [2.45, 2.75) is 25.4 Å². The van der Waals surface area contributed by atoms with Gasteiger partial charge in [-0.15, -0.1) is 12.4 Å². The number of nitrogen functional groups attached to an aromatic ring is 1. The summed E-state index contributed by atoms with van der Waals surface area (Å²) in [4.78, 5) is 2.37. The summed E-state index contributed by atoms with van der Waals surface area (Å²) < 4.78 is 18.8. The van der Waals surface area contributed by atoms with Gasteiger partial charge in [0, 0.05) is 25.7 Å². The van der Waals surface area contributed by atoms with Crippen molar-refractivity contribution in [2.75, 3.05) is 25.5 Å². The summed E-state index contributed by atoms with van der Waals surface area (Å²) in [6.45, 7) is 3.41. The first kappa shape index (κ1) is 13.6. The van der Waals surface area contributed by atoms with Crippen LogP contribution in [-0.4, -0.2) is 30.7 Å².